The zero-order valence-electron chi connectivity index (χ0n) is 14.5. The first-order chi connectivity index (χ1) is 11.3. The third-order valence-electron chi connectivity index (χ3n) is 4.77. The van der Waals surface area contributed by atoms with Crippen LogP contribution >= 0.6 is 24.0 Å². The predicted octanol–water partition coefficient (Wildman–Crippen LogP) is 3.63. The van der Waals surface area contributed by atoms with Crippen molar-refractivity contribution >= 4 is 29.9 Å². The van der Waals surface area contributed by atoms with Gasteiger partial charge in [-0.05, 0) is 44.1 Å². The average Bonchev–Trinajstić information content (AvgIpc) is 3.26. The molecule has 0 bridgehead atoms. The van der Waals surface area contributed by atoms with Gasteiger partial charge in [0.25, 0.3) is 0 Å². The van der Waals surface area contributed by atoms with Crippen molar-refractivity contribution in [3.63, 3.8) is 0 Å². The Labute approximate surface area is 162 Å². The maximum atomic E-state index is 5.90. The Morgan fingerprint density at radius 2 is 1.88 bits per heavy atom. The van der Waals surface area contributed by atoms with Gasteiger partial charge in [-0.2, -0.15) is 0 Å². The molecule has 0 atom stereocenters. The topological polar surface area (TPSA) is 58.5 Å². The van der Waals surface area contributed by atoms with Crippen molar-refractivity contribution in [2.24, 2.45) is 4.99 Å². The van der Waals surface area contributed by atoms with Crippen molar-refractivity contribution in [2.75, 3.05) is 7.05 Å². The smallest absolute Gasteiger partial charge is 0.213 e. The Kier molecular flexibility index (Phi) is 8.08. The molecule has 3 rings (SSSR count). The molecule has 1 aromatic heterocycles. The largest absolute Gasteiger partial charge is 0.474 e. The minimum atomic E-state index is 0. The van der Waals surface area contributed by atoms with Crippen molar-refractivity contribution in [1.82, 2.24) is 15.6 Å². The van der Waals surface area contributed by atoms with Crippen LogP contribution in [0.3, 0.4) is 0 Å². The first-order valence-electron chi connectivity index (χ1n) is 8.92. The first-order valence-corrected chi connectivity index (χ1v) is 8.92. The number of nitrogens with one attached hydrogen (secondary N) is 2. The van der Waals surface area contributed by atoms with Gasteiger partial charge >= 0.3 is 0 Å². The minimum absolute atomic E-state index is 0. The molecule has 0 saturated heterocycles. The van der Waals surface area contributed by atoms with Gasteiger partial charge in [0.05, 0.1) is 0 Å². The van der Waals surface area contributed by atoms with E-state index in [4.69, 9.17) is 4.74 Å². The molecular formula is C18H29IN4O. The van der Waals surface area contributed by atoms with Gasteiger partial charge in [0.1, 0.15) is 6.10 Å². The Hall–Kier alpha value is -1.05. The van der Waals surface area contributed by atoms with E-state index < -0.39 is 0 Å². The summed E-state index contributed by atoms with van der Waals surface area (Å²) in [5.74, 6) is 1.62. The van der Waals surface area contributed by atoms with Crippen LogP contribution in [-0.2, 0) is 6.54 Å². The van der Waals surface area contributed by atoms with Crippen LogP contribution in [0.4, 0.5) is 0 Å². The van der Waals surface area contributed by atoms with E-state index in [1.807, 2.05) is 19.3 Å². The number of hydrogen-bond donors (Lipinski definition) is 2. The molecule has 5 nitrogen and oxygen atoms in total. The van der Waals surface area contributed by atoms with Crippen LogP contribution in [0.15, 0.2) is 23.3 Å². The van der Waals surface area contributed by atoms with Crippen molar-refractivity contribution in [1.29, 1.82) is 0 Å². The third-order valence-corrected chi connectivity index (χ3v) is 4.77. The van der Waals surface area contributed by atoms with Crippen LogP contribution < -0.4 is 15.4 Å². The molecule has 2 aliphatic carbocycles. The van der Waals surface area contributed by atoms with E-state index in [1.54, 1.807) is 0 Å². The summed E-state index contributed by atoms with van der Waals surface area (Å²) in [7, 11) is 1.82. The maximum absolute atomic E-state index is 5.90. The van der Waals surface area contributed by atoms with E-state index in [2.05, 4.69) is 26.7 Å². The second kappa shape index (κ2) is 10.1. The number of guanidine groups is 1. The molecule has 24 heavy (non-hydrogen) atoms. The Morgan fingerprint density at radius 1 is 1.17 bits per heavy atom. The summed E-state index contributed by atoms with van der Waals surface area (Å²) in [6, 6.07) is 4.62. The summed E-state index contributed by atoms with van der Waals surface area (Å²) in [5, 5.41) is 6.85. The molecule has 0 aliphatic heterocycles. The summed E-state index contributed by atoms with van der Waals surface area (Å²) in [6.07, 6.45) is 12.3. The Morgan fingerprint density at radius 3 is 2.50 bits per heavy atom. The molecule has 2 saturated carbocycles. The lowest BCUT2D eigenvalue weighted by atomic mass is 10.2. The van der Waals surface area contributed by atoms with Crippen LogP contribution in [0.25, 0.3) is 0 Å². The van der Waals surface area contributed by atoms with Gasteiger partial charge in [-0.3, -0.25) is 4.99 Å². The minimum Gasteiger partial charge on any atom is -0.474 e. The third kappa shape index (κ3) is 5.79. The molecule has 0 unspecified atom stereocenters. The number of aromatic nitrogens is 1. The van der Waals surface area contributed by atoms with Crippen molar-refractivity contribution in [3.05, 3.63) is 23.9 Å². The summed E-state index contributed by atoms with van der Waals surface area (Å²) >= 11 is 0. The normalized spacial score (nSPS) is 19.1. The number of nitrogens with zero attached hydrogens (tertiary/aromatic N) is 2. The molecule has 2 N–H and O–H groups in total. The Bertz CT molecular complexity index is 508. The van der Waals surface area contributed by atoms with Gasteiger partial charge in [-0.15, -0.1) is 24.0 Å². The molecule has 0 amide bonds. The van der Waals surface area contributed by atoms with Gasteiger partial charge in [-0.1, -0.05) is 18.9 Å². The van der Waals surface area contributed by atoms with Crippen molar-refractivity contribution in [2.45, 2.75) is 70.1 Å². The fraction of sp³-hybridized carbons (Fsp3) is 0.667. The average molecular weight is 444 g/mol. The van der Waals surface area contributed by atoms with Crippen LogP contribution in [0, 0.1) is 0 Å². The maximum Gasteiger partial charge on any atom is 0.213 e. The lowest BCUT2D eigenvalue weighted by Gasteiger charge is -2.17. The molecule has 6 heteroatoms. The SMILES string of the molecule is CN=C(NCc1ccc(OC2CCCC2)nc1)NC1CCCC1.I. The summed E-state index contributed by atoms with van der Waals surface area (Å²) in [5.41, 5.74) is 1.14. The van der Waals surface area contributed by atoms with E-state index in [0.717, 1.165) is 36.8 Å². The number of ether oxygens (including phenoxy) is 1. The second-order valence-electron chi connectivity index (χ2n) is 6.58. The number of rotatable bonds is 5. The zero-order valence-corrected chi connectivity index (χ0v) is 16.8. The molecule has 0 aromatic carbocycles. The van der Waals surface area contributed by atoms with Gasteiger partial charge < -0.3 is 15.4 Å². The highest BCUT2D eigenvalue weighted by atomic mass is 127. The highest BCUT2D eigenvalue weighted by Gasteiger charge is 2.17. The van der Waals surface area contributed by atoms with Crippen LogP contribution in [0.2, 0.25) is 0 Å². The van der Waals surface area contributed by atoms with Crippen LogP contribution in [0.5, 0.6) is 5.88 Å². The lowest BCUT2D eigenvalue weighted by Crippen LogP contribution is -2.41. The quantitative estimate of drug-likeness (QED) is 0.414. The molecule has 1 heterocycles. The number of pyridine rings is 1. The number of halogens is 1. The Balaban J connectivity index is 0.00000208. The molecular weight excluding hydrogens is 415 g/mol. The van der Waals surface area contributed by atoms with Gasteiger partial charge in [0.2, 0.25) is 5.88 Å². The summed E-state index contributed by atoms with van der Waals surface area (Å²) < 4.78 is 5.90. The second-order valence-corrected chi connectivity index (χ2v) is 6.58. The number of hydrogen-bond acceptors (Lipinski definition) is 3. The van der Waals surface area contributed by atoms with Crippen LogP contribution in [-0.4, -0.2) is 30.1 Å². The predicted molar refractivity (Wildman–Crippen MR) is 108 cm³/mol. The number of aliphatic imine (C=N–C) groups is 1. The fourth-order valence-electron chi connectivity index (χ4n) is 3.41. The van der Waals surface area contributed by atoms with Crippen molar-refractivity contribution in [3.8, 4) is 5.88 Å². The summed E-state index contributed by atoms with van der Waals surface area (Å²) in [6.45, 7) is 0.725. The van der Waals surface area contributed by atoms with E-state index in [1.165, 1.54) is 38.5 Å². The van der Waals surface area contributed by atoms with Gasteiger partial charge in [0.15, 0.2) is 5.96 Å². The highest BCUT2D eigenvalue weighted by Crippen LogP contribution is 2.22. The first kappa shape index (κ1) is 19.3. The highest BCUT2D eigenvalue weighted by molar-refractivity contribution is 14.0. The molecule has 0 radical (unpaired) electrons. The molecule has 0 spiro atoms. The van der Waals surface area contributed by atoms with Gasteiger partial charge in [-0.25, -0.2) is 4.98 Å². The van der Waals surface area contributed by atoms with E-state index in [0.29, 0.717) is 12.1 Å². The van der Waals surface area contributed by atoms with E-state index in [9.17, 15) is 0 Å². The summed E-state index contributed by atoms with van der Waals surface area (Å²) in [4.78, 5) is 8.73. The molecule has 2 fully saturated rings. The molecule has 2 aliphatic rings. The monoisotopic (exact) mass is 444 g/mol. The lowest BCUT2D eigenvalue weighted by molar-refractivity contribution is 0.201. The standard InChI is InChI=1S/C18H28N4O.HI/c1-19-18(22-15-6-2-3-7-15)21-13-14-10-11-17(20-12-14)23-16-8-4-5-9-16;/h10-12,15-16H,2-9,13H2,1H3,(H2,19,21,22);1H. The van der Waals surface area contributed by atoms with Crippen molar-refractivity contribution < 1.29 is 4.74 Å². The van der Waals surface area contributed by atoms with E-state index >= 15 is 0 Å². The van der Waals surface area contributed by atoms with Gasteiger partial charge in [0, 0.05) is 31.9 Å². The van der Waals surface area contributed by atoms with E-state index in [-0.39, 0.29) is 24.0 Å². The zero-order chi connectivity index (χ0) is 15.9. The fourth-order valence-corrected chi connectivity index (χ4v) is 3.41. The van der Waals surface area contributed by atoms with Crippen LogP contribution in [0.1, 0.15) is 56.9 Å². The molecule has 1 aromatic rings. The molecule has 134 valence electrons.